The Bertz CT molecular complexity index is 1300. The van der Waals surface area contributed by atoms with Gasteiger partial charge in [-0.15, -0.1) is 0 Å². The summed E-state index contributed by atoms with van der Waals surface area (Å²) >= 11 is 5.74. The van der Waals surface area contributed by atoms with E-state index in [1.54, 1.807) is 0 Å². The van der Waals surface area contributed by atoms with Crippen molar-refractivity contribution in [3.8, 4) is 17.2 Å². The molecular weight excluding hydrogens is 488 g/mol. The fourth-order valence-corrected chi connectivity index (χ4v) is 2.92. The quantitative estimate of drug-likeness (QED) is 0.231. The SMILES string of the molecule is BC(O)(O)Oc1cc(F)ccc1Oc1cc(C(F)(F)F)c(Cl)cc1C(=O)Nc1cn[nH]c(=O)c1. The molecule has 0 fully saturated rings. The van der Waals surface area contributed by atoms with Crippen LogP contribution in [0, 0.1) is 5.82 Å². The van der Waals surface area contributed by atoms with Gasteiger partial charge in [0, 0.05) is 12.1 Å². The molecule has 0 bridgehead atoms. The van der Waals surface area contributed by atoms with Crippen molar-refractivity contribution in [2.45, 2.75) is 12.0 Å². The molecule has 0 aliphatic carbocycles. The fraction of sp³-hybridized carbons (Fsp3) is 0.105. The molecule has 3 rings (SSSR count). The number of ether oxygens (including phenoxy) is 2. The number of amides is 1. The Kier molecular flexibility index (Phi) is 6.86. The lowest BCUT2D eigenvalue weighted by Gasteiger charge is -2.21. The Morgan fingerprint density at radius 1 is 1.12 bits per heavy atom. The lowest BCUT2D eigenvalue weighted by Crippen LogP contribution is -2.35. The van der Waals surface area contributed by atoms with Crippen LogP contribution in [0.4, 0.5) is 23.2 Å². The first kappa shape index (κ1) is 25.0. The van der Waals surface area contributed by atoms with E-state index in [-0.39, 0.29) is 5.69 Å². The zero-order valence-corrected chi connectivity index (χ0v) is 17.7. The van der Waals surface area contributed by atoms with E-state index < -0.39 is 62.7 Å². The third-order valence-electron chi connectivity index (χ3n) is 3.97. The van der Waals surface area contributed by atoms with Gasteiger partial charge in [-0.3, -0.25) is 9.59 Å². The van der Waals surface area contributed by atoms with Gasteiger partial charge in [0.15, 0.2) is 11.5 Å². The minimum Gasteiger partial charge on any atom is -0.453 e. The Morgan fingerprint density at radius 2 is 1.82 bits per heavy atom. The van der Waals surface area contributed by atoms with Gasteiger partial charge in [0.2, 0.25) is 7.85 Å². The second-order valence-corrected chi connectivity index (χ2v) is 7.25. The molecule has 0 aliphatic heterocycles. The molecule has 4 N–H and O–H groups in total. The number of nitrogens with one attached hydrogen (secondary N) is 2. The summed E-state index contributed by atoms with van der Waals surface area (Å²) in [6.45, 7) is 0. The molecule has 1 aromatic heterocycles. The van der Waals surface area contributed by atoms with Crippen LogP contribution in [0.5, 0.6) is 17.2 Å². The topological polar surface area (TPSA) is 134 Å². The highest BCUT2D eigenvalue weighted by Crippen LogP contribution is 2.41. The molecule has 1 amide bonds. The average molecular weight is 502 g/mol. The second kappa shape index (κ2) is 9.33. The summed E-state index contributed by atoms with van der Waals surface area (Å²) in [5.74, 6) is -6.47. The third kappa shape index (κ3) is 6.24. The average Bonchev–Trinajstić information content (AvgIpc) is 2.68. The largest absolute Gasteiger partial charge is 0.453 e. The zero-order chi connectivity index (χ0) is 25.3. The van der Waals surface area contributed by atoms with Crippen LogP contribution >= 0.6 is 11.6 Å². The first-order chi connectivity index (χ1) is 15.7. The highest BCUT2D eigenvalue weighted by molar-refractivity contribution is 6.32. The maximum absolute atomic E-state index is 13.7. The summed E-state index contributed by atoms with van der Waals surface area (Å²) in [4.78, 5) is 24.2. The number of carbonyl (C=O) groups is 1. The minimum absolute atomic E-state index is 0.0853. The fourth-order valence-electron chi connectivity index (χ4n) is 2.65. The van der Waals surface area contributed by atoms with Crippen molar-refractivity contribution in [2.24, 2.45) is 0 Å². The monoisotopic (exact) mass is 501 g/mol. The van der Waals surface area contributed by atoms with Gasteiger partial charge in [-0.2, -0.15) is 18.3 Å². The van der Waals surface area contributed by atoms with E-state index in [4.69, 9.17) is 21.1 Å². The van der Waals surface area contributed by atoms with Crippen LogP contribution in [-0.4, -0.2) is 40.0 Å². The maximum Gasteiger partial charge on any atom is 0.417 e. The van der Waals surface area contributed by atoms with Crippen molar-refractivity contribution in [3.63, 3.8) is 0 Å². The smallest absolute Gasteiger partial charge is 0.417 e. The number of benzene rings is 2. The predicted octanol–water partition coefficient (Wildman–Crippen LogP) is 2.23. The molecule has 2 aromatic carbocycles. The first-order valence-corrected chi connectivity index (χ1v) is 9.49. The number of rotatable bonds is 6. The van der Waals surface area contributed by atoms with Gasteiger partial charge >= 0.3 is 6.18 Å². The number of aliphatic hydroxyl groups is 2. The molecule has 0 spiro atoms. The summed E-state index contributed by atoms with van der Waals surface area (Å²) < 4.78 is 64.1. The van der Waals surface area contributed by atoms with Crippen LogP contribution in [0.2, 0.25) is 5.02 Å². The van der Waals surface area contributed by atoms with E-state index in [1.807, 2.05) is 0 Å². The molecular formula is C19H13BClF4N3O6. The Labute approximate surface area is 193 Å². The van der Waals surface area contributed by atoms with E-state index >= 15 is 0 Å². The van der Waals surface area contributed by atoms with E-state index in [0.29, 0.717) is 18.2 Å². The van der Waals surface area contributed by atoms with E-state index in [1.165, 1.54) is 0 Å². The molecule has 34 heavy (non-hydrogen) atoms. The zero-order valence-electron chi connectivity index (χ0n) is 16.9. The Balaban J connectivity index is 2.10. The van der Waals surface area contributed by atoms with E-state index in [9.17, 15) is 37.4 Å². The molecule has 9 nitrogen and oxygen atoms in total. The predicted molar refractivity (Wildman–Crippen MR) is 112 cm³/mol. The summed E-state index contributed by atoms with van der Waals surface area (Å²) in [7, 11) is 0.792. The van der Waals surface area contributed by atoms with Gasteiger partial charge in [-0.1, -0.05) is 11.6 Å². The maximum atomic E-state index is 13.7. The van der Waals surface area contributed by atoms with Crippen molar-refractivity contribution >= 4 is 31.0 Å². The number of anilines is 1. The molecule has 0 saturated carbocycles. The van der Waals surface area contributed by atoms with Crippen LogP contribution < -0.4 is 20.3 Å². The number of hydrogen-bond acceptors (Lipinski definition) is 7. The number of aromatic amines is 1. The van der Waals surface area contributed by atoms with Crippen molar-refractivity contribution in [1.29, 1.82) is 0 Å². The summed E-state index contributed by atoms with van der Waals surface area (Å²) in [6, 6.07) is 4.55. The van der Waals surface area contributed by atoms with Crippen molar-refractivity contribution in [3.05, 3.63) is 74.9 Å². The van der Waals surface area contributed by atoms with Gasteiger partial charge in [0.25, 0.3) is 17.3 Å². The number of aromatic nitrogens is 2. The van der Waals surface area contributed by atoms with Crippen LogP contribution in [0.25, 0.3) is 0 Å². The van der Waals surface area contributed by atoms with Crippen LogP contribution in [0.1, 0.15) is 15.9 Å². The number of alkyl halides is 3. The van der Waals surface area contributed by atoms with Gasteiger partial charge in [0.05, 0.1) is 28.0 Å². The van der Waals surface area contributed by atoms with Crippen LogP contribution in [0.15, 0.2) is 47.4 Å². The molecule has 178 valence electrons. The van der Waals surface area contributed by atoms with Gasteiger partial charge in [-0.25, -0.2) is 9.49 Å². The number of carbonyl (C=O) groups excluding carboxylic acids is 1. The third-order valence-corrected chi connectivity index (χ3v) is 4.28. The van der Waals surface area contributed by atoms with Crippen LogP contribution in [-0.2, 0) is 6.18 Å². The first-order valence-electron chi connectivity index (χ1n) is 9.11. The molecule has 1 heterocycles. The molecule has 15 heteroatoms. The number of halogens is 5. The summed E-state index contributed by atoms with van der Waals surface area (Å²) in [5.41, 5.74) is -2.61. The standard InChI is InChI=1S/C19H13BClF4N3O6/c20-19(31,32)34-15-3-8(22)1-2-13(15)33-14-6-11(18(23,24)25)12(21)5-10(14)17(30)27-9-4-16(29)28-26-7-9/h1-7,31-32H,20H2,(H2,27,28,29,30). The Hall–Kier alpha value is -3.62. The van der Waals surface area contributed by atoms with Crippen molar-refractivity contribution < 1.29 is 42.0 Å². The van der Waals surface area contributed by atoms with Crippen molar-refractivity contribution in [1.82, 2.24) is 10.2 Å². The minimum atomic E-state index is -4.93. The number of nitrogens with zero attached hydrogens (tertiary/aromatic N) is 1. The van der Waals surface area contributed by atoms with E-state index in [0.717, 1.165) is 32.2 Å². The number of hydrogen-bond donors (Lipinski definition) is 4. The van der Waals surface area contributed by atoms with E-state index in [2.05, 4.69) is 15.5 Å². The van der Waals surface area contributed by atoms with Crippen molar-refractivity contribution in [2.75, 3.05) is 5.32 Å². The molecule has 0 saturated heterocycles. The van der Waals surface area contributed by atoms with Crippen LogP contribution in [0.3, 0.4) is 0 Å². The summed E-state index contributed by atoms with van der Waals surface area (Å²) in [6.07, 6.45) is -3.86. The summed E-state index contributed by atoms with van der Waals surface area (Å²) in [5, 5.41) is 25.9. The van der Waals surface area contributed by atoms with Gasteiger partial charge < -0.3 is 25.0 Å². The van der Waals surface area contributed by atoms with Gasteiger partial charge in [0.1, 0.15) is 11.6 Å². The highest BCUT2D eigenvalue weighted by Gasteiger charge is 2.35. The molecule has 0 radical (unpaired) electrons. The number of H-pyrrole nitrogens is 1. The molecule has 0 unspecified atom stereocenters. The normalized spacial score (nSPS) is 11.7. The lowest BCUT2D eigenvalue weighted by atomic mass is 10.1. The molecule has 0 aliphatic rings. The lowest BCUT2D eigenvalue weighted by molar-refractivity contribution is -0.224. The molecule has 0 atom stereocenters. The molecule has 3 aromatic rings. The second-order valence-electron chi connectivity index (χ2n) is 6.84. The Morgan fingerprint density at radius 3 is 2.44 bits per heavy atom. The van der Waals surface area contributed by atoms with Gasteiger partial charge in [-0.05, 0) is 24.3 Å². The highest BCUT2D eigenvalue weighted by atomic mass is 35.5.